The second-order valence-electron chi connectivity index (χ2n) is 6.33. The molecule has 1 N–H and O–H groups in total. The molecule has 0 bridgehead atoms. The van der Waals surface area contributed by atoms with Gasteiger partial charge >= 0.3 is 0 Å². The Kier molecular flexibility index (Phi) is 5.17. The highest BCUT2D eigenvalue weighted by atomic mass is 35.5. The fourth-order valence-electron chi connectivity index (χ4n) is 3.15. The number of piperazine rings is 1. The third-order valence-corrected chi connectivity index (χ3v) is 4.69. The predicted molar refractivity (Wildman–Crippen MR) is 92.9 cm³/mol. The Bertz CT molecular complexity index is 742. The lowest BCUT2D eigenvalue weighted by Gasteiger charge is -2.32. The van der Waals surface area contributed by atoms with Crippen LogP contribution >= 0.6 is 11.6 Å². The van der Waals surface area contributed by atoms with Gasteiger partial charge in [0.25, 0.3) is 5.91 Å². The molecule has 1 amide bonds. The second-order valence-corrected chi connectivity index (χ2v) is 6.77. The Morgan fingerprint density at radius 1 is 1.21 bits per heavy atom. The molecule has 1 aliphatic heterocycles. The summed E-state index contributed by atoms with van der Waals surface area (Å²) < 4.78 is 13.9. The first-order valence-electron chi connectivity index (χ1n) is 8.16. The SMILES string of the molecule is Cc1cccc(C[NH+]2CCN(C(=O)c3ccc(Cl)cc3F)CC2)c1. The number of rotatable bonds is 3. The quantitative estimate of drug-likeness (QED) is 0.905. The number of quaternary nitrogens is 1. The Hall–Kier alpha value is -1.91. The molecular formula is C19H21ClFN2O+. The monoisotopic (exact) mass is 347 g/mol. The van der Waals surface area contributed by atoms with E-state index in [0.29, 0.717) is 18.1 Å². The van der Waals surface area contributed by atoms with Gasteiger partial charge in [-0.3, -0.25) is 4.79 Å². The van der Waals surface area contributed by atoms with Crippen LogP contribution in [-0.2, 0) is 6.54 Å². The molecule has 3 rings (SSSR count). The van der Waals surface area contributed by atoms with Crippen LogP contribution in [0, 0.1) is 12.7 Å². The molecule has 1 saturated heterocycles. The Morgan fingerprint density at radius 2 is 1.96 bits per heavy atom. The van der Waals surface area contributed by atoms with E-state index >= 15 is 0 Å². The first kappa shape index (κ1) is 16.9. The maximum Gasteiger partial charge on any atom is 0.257 e. The molecular weight excluding hydrogens is 327 g/mol. The smallest absolute Gasteiger partial charge is 0.257 e. The molecule has 0 aliphatic carbocycles. The van der Waals surface area contributed by atoms with E-state index in [-0.39, 0.29) is 11.5 Å². The van der Waals surface area contributed by atoms with Crippen LogP contribution in [0.3, 0.4) is 0 Å². The summed E-state index contributed by atoms with van der Waals surface area (Å²) in [7, 11) is 0. The number of nitrogens with one attached hydrogen (secondary N) is 1. The van der Waals surface area contributed by atoms with Crippen molar-refractivity contribution in [3.05, 3.63) is 70.0 Å². The molecule has 1 fully saturated rings. The third kappa shape index (κ3) is 3.94. The van der Waals surface area contributed by atoms with Crippen molar-refractivity contribution >= 4 is 17.5 Å². The van der Waals surface area contributed by atoms with Gasteiger partial charge in [-0.15, -0.1) is 0 Å². The molecule has 5 heteroatoms. The van der Waals surface area contributed by atoms with Crippen molar-refractivity contribution in [2.24, 2.45) is 0 Å². The predicted octanol–water partition coefficient (Wildman–Crippen LogP) is 2.33. The number of amides is 1. The molecule has 1 heterocycles. The fourth-order valence-corrected chi connectivity index (χ4v) is 3.31. The van der Waals surface area contributed by atoms with E-state index in [0.717, 1.165) is 19.6 Å². The Morgan fingerprint density at radius 3 is 2.62 bits per heavy atom. The van der Waals surface area contributed by atoms with E-state index in [9.17, 15) is 9.18 Å². The highest BCUT2D eigenvalue weighted by Crippen LogP contribution is 2.16. The molecule has 3 nitrogen and oxygen atoms in total. The second kappa shape index (κ2) is 7.32. The molecule has 0 radical (unpaired) electrons. The first-order valence-corrected chi connectivity index (χ1v) is 8.54. The van der Waals surface area contributed by atoms with Crippen molar-refractivity contribution in [2.75, 3.05) is 26.2 Å². The molecule has 2 aromatic carbocycles. The van der Waals surface area contributed by atoms with E-state index in [1.807, 2.05) is 0 Å². The molecule has 0 atom stereocenters. The molecule has 126 valence electrons. The van der Waals surface area contributed by atoms with E-state index in [4.69, 9.17) is 11.6 Å². The van der Waals surface area contributed by atoms with Crippen molar-refractivity contribution in [3.8, 4) is 0 Å². The van der Waals surface area contributed by atoms with Crippen molar-refractivity contribution in [1.82, 2.24) is 4.90 Å². The first-order chi connectivity index (χ1) is 11.5. The van der Waals surface area contributed by atoms with Crippen molar-refractivity contribution in [1.29, 1.82) is 0 Å². The molecule has 0 saturated carbocycles. The zero-order chi connectivity index (χ0) is 17.1. The topological polar surface area (TPSA) is 24.8 Å². The number of carbonyl (C=O) groups excluding carboxylic acids is 1. The largest absolute Gasteiger partial charge is 0.328 e. The van der Waals surface area contributed by atoms with Crippen LogP contribution in [0.1, 0.15) is 21.5 Å². The van der Waals surface area contributed by atoms with Gasteiger partial charge in [-0.1, -0.05) is 41.4 Å². The number of hydrogen-bond donors (Lipinski definition) is 1. The third-order valence-electron chi connectivity index (χ3n) is 4.46. The zero-order valence-electron chi connectivity index (χ0n) is 13.7. The summed E-state index contributed by atoms with van der Waals surface area (Å²) in [4.78, 5) is 15.6. The number of benzene rings is 2. The van der Waals surface area contributed by atoms with Gasteiger partial charge in [0.2, 0.25) is 0 Å². The van der Waals surface area contributed by atoms with Gasteiger partial charge in [-0.25, -0.2) is 4.39 Å². The van der Waals surface area contributed by atoms with E-state index in [1.165, 1.54) is 28.2 Å². The average Bonchev–Trinajstić information content (AvgIpc) is 2.55. The van der Waals surface area contributed by atoms with Crippen LogP contribution < -0.4 is 4.90 Å². The minimum atomic E-state index is -0.554. The summed E-state index contributed by atoms with van der Waals surface area (Å²) in [6.07, 6.45) is 0. The normalized spacial score (nSPS) is 15.5. The summed E-state index contributed by atoms with van der Waals surface area (Å²) in [5.41, 5.74) is 2.67. The number of hydrogen-bond acceptors (Lipinski definition) is 1. The fraction of sp³-hybridized carbons (Fsp3) is 0.316. The molecule has 2 aromatic rings. The molecule has 0 spiro atoms. The minimum Gasteiger partial charge on any atom is -0.328 e. The van der Waals surface area contributed by atoms with Crippen molar-refractivity contribution < 1.29 is 14.1 Å². The van der Waals surface area contributed by atoms with Crippen LogP contribution in [0.5, 0.6) is 0 Å². The lowest BCUT2D eigenvalue weighted by molar-refractivity contribution is -0.917. The number of nitrogens with zero attached hydrogens (tertiary/aromatic N) is 1. The standard InChI is InChI=1S/C19H20ClFN2O/c1-14-3-2-4-15(11-14)13-22-7-9-23(10-8-22)19(24)17-6-5-16(20)12-18(17)21/h2-6,11-12H,7-10,13H2,1H3/p+1. The summed E-state index contributed by atoms with van der Waals surface area (Å²) in [6, 6.07) is 12.7. The molecule has 1 aliphatic rings. The van der Waals surface area contributed by atoms with Gasteiger partial charge in [-0.2, -0.15) is 0 Å². The molecule has 0 unspecified atom stereocenters. The summed E-state index contributed by atoms with van der Waals surface area (Å²) in [6.45, 7) is 6.07. The lowest BCUT2D eigenvalue weighted by Crippen LogP contribution is -3.13. The van der Waals surface area contributed by atoms with Gasteiger partial charge in [0, 0.05) is 10.6 Å². The average molecular weight is 348 g/mol. The lowest BCUT2D eigenvalue weighted by atomic mass is 10.1. The molecule has 0 aromatic heterocycles. The van der Waals surface area contributed by atoms with Gasteiger partial charge < -0.3 is 9.80 Å². The van der Waals surface area contributed by atoms with Crippen LogP contribution in [-0.4, -0.2) is 37.0 Å². The van der Waals surface area contributed by atoms with E-state index in [1.54, 1.807) is 11.0 Å². The van der Waals surface area contributed by atoms with Crippen LogP contribution in [0.2, 0.25) is 5.02 Å². The maximum absolute atomic E-state index is 13.9. The highest BCUT2D eigenvalue weighted by molar-refractivity contribution is 6.30. The van der Waals surface area contributed by atoms with Gasteiger partial charge in [-0.05, 0) is 25.1 Å². The Labute approximate surface area is 146 Å². The highest BCUT2D eigenvalue weighted by Gasteiger charge is 2.26. The van der Waals surface area contributed by atoms with Gasteiger partial charge in [0.05, 0.1) is 31.7 Å². The van der Waals surface area contributed by atoms with Crippen molar-refractivity contribution in [2.45, 2.75) is 13.5 Å². The van der Waals surface area contributed by atoms with Crippen LogP contribution in [0.15, 0.2) is 42.5 Å². The van der Waals surface area contributed by atoms with Gasteiger partial charge in [0.15, 0.2) is 0 Å². The van der Waals surface area contributed by atoms with E-state index in [2.05, 4.69) is 31.2 Å². The van der Waals surface area contributed by atoms with Crippen LogP contribution in [0.4, 0.5) is 4.39 Å². The molecule has 24 heavy (non-hydrogen) atoms. The zero-order valence-corrected chi connectivity index (χ0v) is 14.4. The number of carbonyl (C=O) groups is 1. The maximum atomic E-state index is 13.9. The number of aryl methyl sites for hydroxylation is 1. The Balaban J connectivity index is 1.59. The van der Waals surface area contributed by atoms with Crippen LogP contribution in [0.25, 0.3) is 0 Å². The van der Waals surface area contributed by atoms with Crippen molar-refractivity contribution in [3.63, 3.8) is 0 Å². The van der Waals surface area contributed by atoms with E-state index < -0.39 is 5.82 Å². The summed E-state index contributed by atoms with van der Waals surface area (Å²) in [5, 5.41) is 0.302. The minimum absolute atomic E-state index is 0.0986. The summed E-state index contributed by atoms with van der Waals surface area (Å²) >= 11 is 5.75. The summed E-state index contributed by atoms with van der Waals surface area (Å²) in [5.74, 6) is -0.805. The van der Waals surface area contributed by atoms with Gasteiger partial charge in [0.1, 0.15) is 12.4 Å². The number of halogens is 2.